The number of hydrogen-bond acceptors (Lipinski definition) is 4. The number of amides is 2. The third kappa shape index (κ3) is 4.53. The van der Waals surface area contributed by atoms with Crippen LogP contribution in [0.5, 0.6) is 5.75 Å². The second kappa shape index (κ2) is 9.02. The molecule has 9 heteroatoms. The Morgan fingerprint density at radius 3 is 2.56 bits per heavy atom. The SMILES string of the molecule is CN1CCN(c2cccc3c2C[C@H](NC(=O)N2CCc4cccc(C(F)(F)F)c4C2)CO3)CC1. The Hall–Kier alpha value is -2.94. The van der Waals surface area contributed by atoms with E-state index in [9.17, 15) is 18.0 Å². The number of hydrogen-bond donors (Lipinski definition) is 1. The van der Waals surface area contributed by atoms with E-state index in [2.05, 4.69) is 28.2 Å². The molecule has 2 amide bonds. The number of benzene rings is 2. The molecule has 3 aliphatic heterocycles. The van der Waals surface area contributed by atoms with E-state index in [4.69, 9.17) is 4.74 Å². The summed E-state index contributed by atoms with van der Waals surface area (Å²) < 4.78 is 46.4. The van der Waals surface area contributed by atoms with Gasteiger partial charge in [0, 0.05) is 56.9 Å². The molecule has 1 saturated heterocycles. The molecular weight excluding hydrogens is 445 g/mol. The number of ether oxygens (including phenoxy) is 1. The minimum absolute atomic E-state index is 0.0481. The van der Waals surface area contributed by atoms with Crippen LogP contribution in [0.1, 0.15) is 22.3 Å². The number of piperazine rings is 1. The van der Waals surface area contributed by atoms with Crippen molar-refractivity contribution in [3.63, 3.8) is 0 Å². The van der Waals surface area contributed by atoms with Crippen molar-refractivity contribution in [2.45, 2.75) is 31.6 Å². The number of urea groups is 1. The van der Waals surface area contributed by atoms with Crippen LogP contribution < -0.4 is 15.0 Å². The number of anilines is 1. The Kier molecular flexibility index (Phi) is 6.06. The van der Waals surface area contributed by atoms with Gasteiger partial charge >= 0.3 is 12.2 Å². The molecule has 0 bridgehead atoms. The lowest BCUT2D eigenvalue weighted by Gasteiger charge is -2.37. The van der Waals surface area contributed by atoms with Crippen molar-refractivity contribution in [3.8, 4) is 5.75 Å². The topological polar surface area (TPSA) is 48.0 Å². The molecule has 0 saturated carbocycles. The summed E-state index contributed by atoms with van der Waals surface area (Å²) in [5.41, 5.74) is 2.40. The van der Waals surface area contributed by atoms with E-state index in [0.29, 0.717) is 31.6 Å². The molecule has 3 heterocycles. The van der Waals surface area contributed by atoms with Crippen molar-refractivity contribution in [3.05, 3.63) is 58.7 Å². The Labute approximate surface area is 197 Å². The quantitative estimate of drug-likeness (QED) is 0.724. The molecule has 34 heavy (non-hydrogen) atoms. The number of likely N-dealkylation sites (N-methyl/N-ethyl adjacent to an activating group) is 1. The molecule has 1 N–H and O–H groups in total. The lowest BCUT2D eigenvalue weighted by atomic mass is 9.94. The molecule has 0 aliphatic carbocycles. The van der Waals surface area contributed by atoms with E-state index in [1.54, 1.807) is 6.07 Å². The highest BCUT2D eigenvalue weighted by atomic mass is 19.4. The second-order valence-corrected chi connectivity index (χ2v) is 9.32. The third-order valence-corrected chi connectivity index (χ3v) is 7.04. The average molecular weight is 475 g/mol. The van der Waals surface area contributed by atoms with Gasteiger partial charge in [-0.2, -0.15) is 13.2 Å². The lowest BCUT2D eigenvalue weighted by Crippen LogP contribution is -2.50. The maximum absolute atomic E-state index is 13.5. The van der Waals surface area contributed by atoms with E-state index in [-0.39, 0.29) is 24.2 Å². The number of alkyl halides is 3. The summed E-state index contributed by atoms with van der Waals surface area (Å²) in [6.07, 6.45) is -3.41. The third-order valence-electron chi connectivity index (χ3n) is 7.04. The summed E-state index contributed by atoms with van der Waals surface area (Å²) >= 11 is 0. The fourth-order valence-corrected chi connectivity index (χ4v) is 5.11. The monoisotopic (exact) mass is 474 g/mol. The van der Waals surface area contributed by atoms with Gasteiger partial charge in [0.15, 0.2) is 0 Å². The van der Waals surface area contributed by atoms with E-state index in [1.807, 2.05) is 12.1 Å². The summed E-state index contributed by atoms with van der Waals surface area (Å²) in [6.45, 7) is 4.51. The number of nitrogens with zero attached hydrogens (tertiary/aromatic N) is 3. The van der Waals surface area contributed by atoms with Crippen molar-refractivity contribution >= 4 is 11.7 Å². The molecule has 0 radical (unpaired) electrons. The van der Waals surface area contributed by atoms with E-state index < -0.39 is 11.7 Å². The predicted molar refractivity (Wildman–Crippen MR) is 123 cm³/mol. The molecule has 182 valence electrons. The van der Waals surface area contributed by atoms with Gasteiger partial charge in [0.1, 0.15) is 12.4 Å². The van der Waals surface area contributed by atoms with Crippen LogP contribution in [-0.2, 0) is 25.6 Å². The summed E-state index contributed by atoms with van der Waals surface area (Å²) in [6, 6.07) is 9.69. The van der Waals surface area contributed by atoms with Crippen LogP contribution >= 0.6 is 0 Å². The van der Waals surface area contributed by atoms with Crippen LogP contribution in [-0.4, -0.2) is 68.3 Å². The molecule has 5 rings (SSSR count). The Morgan fingerprint density at radius 2 is 1.79 bits per heavy atom. The molecule has 0 aromatic heterocycles. The largest absolute Gasteiger partial charge is 0.491 e. The van der Waals surface area contributed by atoms with E-state index in [1.165, 1.54) is 11.0 Å². The van der Waals surface area contributed by atoms with Gasteiger partial charge in [-0.1, -0.05) is 18.2 Å². The van der Waals surface area contributed by atoms with E-state index >= 15 is 0 Å². The van der Waals surface area contributed by atoms with Crippen molar-refractivity contribution in [1.82, 2.24) is 15.1 Å². The summed E-state index contributed by atoms with van der Waals surface area (Å²) in [5.74, 6) is 0.837. The Morgan fingerprint density at radius 1 is 1.03 bits per heavy atom. The predicted octanol–water partition coefficient (Wildman–Crippen LogP) is 3.53. The van der Waals surface area contributed by atoms with Gasteiger partial charge in [-0.3, -0.25) is 0 Å². The van der Waals surface area contributed by atoms with E-state index in [0.717, 1.165) is 49.2 Å². The molecule has 3 aliphatic rings. The van der Waals surface area contributed by atoms with Crippen LogP contribution in [0.4, 0.5) is 23.7 Å². The first kappa shape index (κ1) is 22.8. The molecule has 0 spiro atoms. The lowest BCUT2D eigenvalue weighted by molar-refractivity contribution is -0.138. The smallest absolute Gasteiger partial charge is 0.416 e. The van der Waals surface area contributed by atoms with Gasteiger partial charge in [0.25, 0.3) is 0 Å². The van der Waals surface area contributed by atoms with Gasteiger partial charge in [0.2, 0.25) is 0 Å². The first-order chi connectivity index (χ1) is 16.3. The molecule has 1 fully saturated rings. The summed E-state index contributed by atoms with van der Waals surface area (Å²) in [4.78, 5) is 19.2. The van der Waals surface area contributed by atoms with Gasteiger partial charge in [-0.25, -0.2) is 4.79 Å². The minimum atomic E-state index is -4.44. The zero-order chi connectivity index (χ0) is 23.9. The van der Waals surface area contributed by atoms with Crippen LogP contribution in [0.25, 0.3) is 0 Å². The molecular formula is C25H29F3N4O2. The number of fused-ring (bicyclic) bond motifs is 2. The maximum Gasteiger partial charge on any atom is 0.416 e. The van der Waals surface area contributed by atoms with Crippen LogP contribution in [0.3, 0.4) is 0 Å². The zero-order valence-electron chi connectivity index (χ0n) is 19.2. The summed E-state index contributed by atoms with van der Waals surface area (Å²) in [5, 5.41) is 3.01. The van der Waals surface area contributed by atoms with Crippen LogP contribution in [0, 0.1) is 0 Å². The molecule has 0 unspecified atom stereocenters. The standard InChI is InChI=1S/C25H29F3N4O2/c1-30-10-12-31(13-11-30)22-6-3-7-23-19(22)14-18(16-34-23)29-24(33)32-9-8-17-4-2-5-21(20(17)15-32)25(26,27)28/h2-7,18H,8-16H2,1H3,(H,29,33)/t18-/m0/s1. The van der Waals surface area contributed by atoms with Gasteiger partial charge < -0.3 is 24.8 Å². The van der Waals surface area contributed by atoms with Crippen LogP contribution in [0.2, 0.25) is 0 Å². The fourth-order valence-electron chi connectivity index (χ4n) is 5.11. The Balaban J connectivity index is 1.28. The molecule has 2 aromatic rings. The number of halogens is 3. The van der Waals surface area contributed by atoms with Crippen molar-refractivity contribution in [2.24, 2.45) is 0 Å². The summed E-state index contributed by atoms with van der Waals surface area (Å²) in [7, 11) is 2.11. The van der Waals surface area contributed by atoms with Crippen molar-refractivity contribution in [2.75, 3.05) is 51.3 Å². The van der Waals surface area contributed by atoms with Gasteiger partial charge in [0.05, 0.1) is 11.6 Å². The number of carbonyl (C=O) groups excluding carboxylic acids is 1. The number of rotatable bonds is 2. The average Bonchev–Trinajstić information content (AvgIpc) is 2.83. The highest BCUT2D eigenvalue weighted by molar-refractivity contribution is 5.75. The Bertz CT molecular complexity index is 1070. The van der Waals surface area contributed by atoms with Gasteiger partial charge in [-0.05, 0) is 42.8 Å². The first-order valence-electron chi connectivity index (χ1n) is 11.7. The first-order valence-corrected chi connectivity index (χ1v) is 11.7. The van der Waals surface area contributed by atoms with Crippen molar-refractivity contribution < 1.29 is 22.7 Å². The van der Waals surface area contributed by atoms with Crippen LogP contribution in [0.15, 0.2) is 36.4 Å². The normalized spacial score (nSPS) is 20.9. The minimum Gasteiger partial charge on any atom is -0.491 e. The maximum atomic E-state index is 13.5. The zero-order valence-corrected chi connectivity index (χ0v) is 19.2. The molecule has 6 nitrogen and oxygen atoms in total. The highest BCUT2D eigenvalue weighted by Gasteiger charge is 2.36. The fraction of sp³-hybridized carbons (Fsp3) is 0.480. The number of nitrogens with one attached hydrogen (secondary N) is 1. The number of carbonyl (C=O) groups is 1. The van der Waals surface area contributed by atoms with Crippen molar-refractivity contribution in [1.29, 1.82) is 0 Å². The highest BCUT2D eigenvalue weighted by Crippen LogP contribution is 2.36. The van der Waals surface area contributed by atoms with Gasteiger partial charge in [-0.15, -0.1) is 0 Å². The second-order valence-electron chi connectivity index (χ2n) is 9.32. The molecule has 2 aromatic carbocycles. The molecule has 1 atom stereocenters.